The third-order valence-electron chi connectivity index (χ3n) is 5.39. The van der Waals surface area contributed by atoms with Gasteiger partial charge in [0.15, 0.2) is 16.7 Å². The molecule has 0 radical (unpaired) electrons. The van der Waals surface area contributed by atoms with Crippen LogP contribution in [0.4, 0.5) is 15.3 Å². The van der Waals surface area contributed by atoms with Crippen molar-refractivity contribution in [3.8, 4) is 27.4 Å². The average Bonchev–Trinajstić information content (AvgIpc) is 3.53. The van der Waals surface area contributed by atoms with E-state index in [2.05, 4.69) is 24.1 Å². The lowest BCUT2D eigenvalue weighted by atomic mass is 10.0. The van der Waals surface area contributed by atoms with Crippen molar-refractivity contribution in [2.24, 2.45) is 11.8 Å². The van der Waals surface area contributed by atoms with Gasteiger partial charge in [0, 0.05) is 27.1 Å². The molecular formula is C28H30FN3O3S2. The molecule has 0 spiro atoms. The van der Waals surface area contributed by atoms with E-state index in [1.807, 2.05) is 31.4 Å². The summed E-state index contributed by atoms with van der Waals surface area (Å²) in [5.41, 5.74) is 2.68. The quantitative estimate of drug-likeness (QED) is 0.207. The third kappa shape index (κ3) is 6.53. The number of hydrogen-bond acceptors (Lipinski definition) is 8. The molecule has 0 saturated heterocycles. The van der Waals surface area contributed by atoms with Gasteiger partial charge in [-0.25, -0.2) is 19.2 Å². The fourth-order valence-corrected chi connectivity index (χ4v) is 5.57. The van der Waals surface area contributed by atoms with Crippen LogP contribution in [0.2, 0.25) is 0 Å². The van der Waals surface area contributed by atoms with Gasteiger partial charge in [0.2, 0.25) is 0 Å². The highest BCUT2D eigenvalue weighted by Crippen LogP contribution is 2.37. The number of ether oxygens (including phenoxy) is 2. The zero-order chi connectivity index (χ0) is 26.5. The highest BCUT2D eigenvalue weighted by Gasteiger charge is 2.20. The third-order valence-corrected chi connectivity index (χ3v) is 7.30. The summed E-state index contributed by atoms with van der Waals surface area (Å²) in [7, 11) is 1.35. The Bertz CT molecular complexity index is 1370. The first-order chi connectivity index (χ1) is 17.7. The summed E-state index contributed by atoms with van der Waals surface area (Å²) in [4.78, 5) is 24.0. The number of nitrogens with zero attached hydrogens (tertiary/aromatic N) is 2. The van der Waals surface area contributed by atoms with Crippen LogP contribution in [-0.2, 0) is 11.2 Å². The van der Waals surface area contributed by atoms with Crippen LogP contribution < -0.4 is 10.1 Å². The number of nitrogens with one attached hydrogen (secondary N) is 1. The number of anilines is 2. The molecule has 0 aliphatic rings. The van der Waals surface area contributed by atoms with Crippen LogP contribution in [0.5, 0.6) is 5.75 Å². The molecule has 0 amide bonds. The first kappa shape index (κ1) is 26.8. The van der Waals surface area contributed by atoms with Gasteiger partial charge in [-0.05, 0) is 54.0 Å². The molecule has 194 valence electrons. The molecule has 6 nitrogen and oxygen atoms in total. The predicted molar refractivity (Wildman–Crippen MR) is 149 cm³/mol. The Hall–Kier alpha value is -3.30. The van der Waals surface area contributed by atoms with E-state index in [0.29, 0.717) is 29.0 Å². The second kappa shape index (κ2) is 11.8. The number of rotatable bonds is 10. The van der Waals surface area contributed by atoms with Crippen molar-refractivity contribution in [1.29, 1.82) is 0 Å². The number of methoxy groups -OCH3 is 1. The fourth-order valence-electron chi connectivity index (χ4n) is 3.67. The Morgan fingerprint density at radius 2 is 1.92 bits per heavy atom. The Morgan fingerprint density at radius 3 is 2.59 bits per heavy atom. The van der Waals surface area contributed by atoms with Crippen molar-refractivity contribution in [2.45, 2.75) is 34.1 Å². The van der Waals surface area contributed by atoms with E-state index in [1.165, 1.54) is 24.5 Å². The van der Waals surface area contributed by atoms with E-state index in [1.54, 1.807) is 35.7 Å². The Morgan fingerprint density at radius 1 is 1.11 bits per heavy atom. The van der Waals surface area contributed by atoms with Crippen molar-refractivity contribution in [3.63, 3.8) is 0 Å². The van der Waals surface area contributed by atoms with Crippen LogP contribution in [0, 0.1) is 17.7 Å². The van der Waals surface area contributed by atoms with Gasteiger partial charge in [0.25, 0.3) is 0 Å². The highest BCUT2D eigenvalue weighted by molar-refractivity contribution is 7.16. The van der Waals surface area contributed by atoms with E-state index in [0.717, 1.165) is 33.0 Å². The van der Waals surface area contributed by atoms with Crippen LogP contribution in [0.15, 0.2) is 48.0 Å². The van der Waals surface area contributed by atoms with Gasteiger partial charge in [-0.2, -0.15) is 0 Å². The Balaban J connectivity index is 1.70. The van der Waals surface area contributed by atoms with E-state index in [-0.39, 0.29) is 11.7 Å². The van der Waals surface area contributed by atoms with Gasteiger partial charge < -0.3 is 14.8 Å². The van der Waals surface area contributed by atoms with Crippen molar-refractivity contribution in [3.05, 3.63) is 64.2 Å². The zero-order valence-corrected chi connectivity index (χ0v) is 23.1. The molecule has 3 aromatic heterocycles. The topological polar surface area (TPSA) is 73.3 Å². The second-order valence-corrected chi connectivity index (χ2v) is 11.5. The normalized spacial score (nSPS) is 11.2. The molecule has 1 N–H and O–H groups in total. The minimum Gasteiger partial charge on any atom is -0.490 e. The summed E-state index contributed by atoms with van der Waals surface area (Å²) in [5.74, 6) is 0.348. The van der Waals surface area contributed by atoms with E-state index in [4.69, 9.17) is 14.5 Å². The molecule has 4 rings (SSSR count). The standard InChI is InChI=1S/C28H30FN3O3S2/c1-16(2)11-24-25(18-8-9-21(29)22(13-18)35-15-17(3)4)31-28(37-24)32-26-20(27(33)34-5)12-19(14-30-26)23-7-6-10-36-23/h6-10,12-14,16-17H,11,15H2,1-5H3,(H,30,31,32). The number of halogens is 1. The SMILES string of the molecule is COC(=O)c1cc(-c2cccs2)cnc1Nc1nc(-c2ccc(F)c(OCC(C)C)c2)c(CC(C)C)s1. The molecule has 0 fully saturated rings. The number of carbonyl (C=O) groups excluding carboxylic acids is 1. The molecule has 9 heteroatoms. The molecule has 0 aliphatic carbocycles. The van der Waals surface area contributed by atoms with Crippen molar-refractivity contribution in [2.75, 3.05) is 19.0 Å². The average molecular weight is 540 g/mol. The summed E-state index contributed by atoms with van der Waals surface area (Å²) in [6.07, 6.45) is 2.52. The number of thiophene rings is 1. The van der Waals surface area contributed by atoms with Crippen molar-refractivity contribution in [1.82, 2.24) is 9.97 Å². The molecule has 1 aromatic carbocycles. The minimum atomic E-state index is -0.488. The van der Waals surface area contributed by atoms with Crippen LogP contribution in [0.25, 0.3) is 21.7 Å². The zero-order valence-electron chi connectivity index (χ0n) is 21.5. The molecule has 37 heavy (non-hydrogen) atoms. The Labute approximate surface area is 224 Å². The number of thiazole rings is 1. The summed E-state index contributed by atoms with van der Waals surface area (Å²) < 4.78 is 25.1. The van der Waals surface area contributed by atoms with Crippen LogP contribution >= 0.6 is 22.7 Å². The lowest BCUT2D eigenvalue weighted by Gasteiger charge is -2.11. The summed E-state index contributed by atoms with van der Waals surface area (Å²) in [6, 6.07) is 10.5. The van der Waals surface area contributed by atoms with Gasteiger partial charge in [-0.3, -0.25) is 0 Å². The highest BCUT2D eigenvalue weighted by atomic mass is 32.1. The Kier molecular flexibility index (Phi) is 8.56. The summed E-state index contributed by atoms with van der Waals surface area (Å²) >= 11 is 3.06. The summed E-state index contributed by atoms with van der Waals surface area (Å²) in [6.45, 7) is 8.73. The number of esters is 1. The predicted octanol–water partition coefficient (Wildman–Crippen LogP) is 7.84. The van der Waals surface area contributed by atoms with E-state index < -0.39 is 11.8 Å². The fraction of sp³-hybridized carbons (Fsp3) is 0.321. The number of hydrogen-bond donors (Lipinski definition) is 1. The van der Waals surface area contributed by atoms with E-state index in [9.17, 15) is 9.18 Å². The van der Waals surface area contributed by atoms with Crippen LogP contribution in [0.1, 0.15) is 42.9 Å². The molecule has 4 aromatic rings. The number of pyridine rings is 1. The molecule has 0 saturated carbocycles. The van der Waals surface area contributed by atoms with Gasteiger partial charge in [0.1, 0.15) is 11.4 Å². The van der Waals surface area contributed by atoms with Crippen molar-refractivity contribution < 1.29 is 18.7 Å². The summed E-state index contributed by atoms with van der Waals surface area (Å²) in [5, 5.41) is 5.78. The largest absolute Gasteiger partial charge is 0.490 e. The number of benzene rings is 1. The molecule has 3 heterocycles. The smallest absolute Gasteiger partial charge is 0.341 e. The second-order valence-electron chi connectivity index (χ2n) is 9.45. The first-order valence-corrected chi connectivity index (χ1v) is 13.8. The maximum absolute atomic E-state index is 14.4. The van der Waals surface area contributed by atoms with Crippen molar-refractivity contribution >= 4 is 39.6 Å². The molecule has 0 atom stereocenters. The lowest BCUT2D eigenvalue weighted by molar-refractivity contribution is 0.0601. The molecular weight excluding hydrogens is 509 g/mol. The van der Waals surface area contributed by atoms with Crippen LogP contribution in [-0.4, -0.2) is 29.7 Å². The van der Waals surface area contributed by atoms with Gasteiger partial charge >= 0.3 is 5.97 Å². The van der Waals surface area contributed by atoms with Gasteiger partial charge in [-0.15, -0.1) is 22.7 Å². The lowest BCUT2D eigenvalue weighted by Crippen LogP contribution is -2.07. The maximum Gasteiger partial charge on any atom is 0.341 e. The van der Waals surface area contributed by atoms with Crippen LogP contribution in [0.3, 0.4) is 0 Å². The van der Waals surface area contributed by atoms with Gasteiger partial charge in [-0.1, -0.05) is 33.8 Å². The first-order valence-electron chi connectivity index (χ1n) is 12.1. The van der Waals surface area contributed by atoms with Gasteiger partial charge in [0.05, 0.1) is 19.4 Å². The molecule has 0 aliphatic heterocycles. The minimum absolute atomic E-state index is 0.211. The number of carbonyl (C=O) groups is 1. The van der Waals surface area contributed by atoms with E-state index >= 15 is 0 Å². The number of aromatic nitrogens is 2. The monoisotopic (exact) mass is 539 g/mol. The molecule has 0 unspecified atom stereocenters. The maximum atomic E-state index is 14.4. The molecule has 0 bridgehead atoms.